The van der Waals surface area contributed by atoms with Crippen molar-refractivity contribution in [3.05, 3.63) is 142 Å². The number of sulfone groups is 1. The van der Waals surface area contributed by atoms with Crippen LogP contribution in [0, 0.1) is 13.8 Å². The first-order chi connectivity index (χ1) is 29.2. The molecule has 0 aliphatic rings. The van der Waals surface area contributed by atoms with Gasteiger partial charge < -0.3 is 0 Å². The molecule has 8 nitrogen and oxygen atoms in total. The highest BCUT2D eigenvalue weighted by Crippen LogP contribution is 2.41. The number of pyridine rings is 2. The number of rotatable bonds is 8. The minimum atomic E-state index is -4.62. The Kier molecular flexibility index (Phi) is 12.8. The second kappa shape index (κ2) is 17.7. The summed E-state index contributed by atoms with van der Waals surface area (Å²) < 4.78 is 106. The molecule has 320 valence electrons. The molecule has 8 rings (SSSR count). The molecule has 0 aliphatic heterocycles. The molecular formula is C42H30Cl2F6N6O2S4. The number of thiophene rings is 2. The summed E-state index contributed by atoms with van der Waals surface area (Å²) in [5, 5.41) is 9.08. The van der Waals surface area contributed by atoms with E-state index in [2.05, 4.69) is 20.2 Å². The minimum absolute atomic E-state index is 0.00959. The summed E-state index contributed by atoms with van der Waals surface area (Å²) in [7, 11) is -3.46. The molecule has 0 saturated heterocycles. The number of benzene rings is 2. The minimum Gasteiger partial charge on any atom is -0.249 e. The van der Waals surface area contributed by atoms with E-state index in [4.69, 9.17) is 23.2 Å². The quantitative estimate of drug-likeness (QED) is 0.111. The molecule has 0 saturated carbocycles. The van der Waals surface area contributed by atoms with Crippen LogP contribution in [-0.2, 0) is 22.2 Å². The summed E-state index contributed by atoms with van der Waals surface area (Å²) in [4.78, 5) is 11.3. The van der Waals surface area contributed by atoms with E-state index in [1.807, 2.05) is 25.3 Å². The smallest absolute Gasteiger partial charge is 0.249 e. The summed E-state index contributed by atoms with van der Waals surface area (Å²) in [5.41, 5.74) is 2.40. The van der Waals surface area contributed by atoms with Gasteiger partial charge in [-0.15, -0.1) is 34.4 Å². The summed E-state index contributed by atoms with van der Waals surface area (Å²) in [5.74, 6) is 0. The molecule has 2 aromatic carbocycles. The lowest BCUT2D eigenvalue weighted by atomic mass is 10.2. The van der Waals surface area contributed by atoms with Crippen molar-refractivity contribution in [1.82, 2.24) is 29.5 Å². The van der Waals surface area contributed by atoms with Crippen LogP contribution < -0.4 is 0 Å². The highest BCUT2D eigenvalue weighted by atomic mass is 35.5. The van der Waals surface area contributed by atoms with Gasteiger partial charge in [-0.05, 0) is 104 Å². The van der Waals surface area contributed by atoms with Crippen molar-refractivity contribution in [3.8, 4) is 53.4 Å². The highest BCUT2D eigenvalue weighted by molar-refractivity contribution is 7.98. The third-order valence-corrected chi connectivity index (χ3v) is 13.9. The normalized spacial score (nSPS) is 12.1. The largest absolute Gasteiger partial charge is 0.435 e. The van der Waals surface area contributed by atoms with Crippen LogP contribution >= 0.6 is 57.6 Å². The number of halogens is 8. The van der Waals surface area contributed by atoms with Gasteiger partial charge in [0.25, 0.3) is 0 Å². The summed E-state index contributed by atoms with van der Waals surface area (Å²) in [6.07, 6.45) is -2.92. The van der Waals surface area contributed by atoms with Crippen LogP contribution in [0.15, 0.2) is 120 Å². The molecule has 0 fully saturated rings. The van der Waals surface area contributed by atoms with Crippen LogP contribution in [0.5, 0.6) is 0 Å². The van der Waals surface area contributed by atoms with Gasteiger partial charge >= 0.3 is 12.4 Å². The van der Waals surface area contributed by atoms with E-state index in [-0.39, 0.29) is 15.7 Å². The summed E-state index contributed by atoms with van der Waals surface area (Å²) in [6, 6.07) is 26.1. The third kappa shape index (κ3) is 9.65. The number of aromatic nitrogens is 6. The molecule has 0 aliphatic carbocycles. The van der Waals surface area contributed by atoms with Crippen molar-refractivity contribution in [2.24, 2.45) is 0 Å². The lowest BCUT2D eigenvalue weighted by molar-refractivity contribution is -0.142. The number of nitrogens with zero attached hydrogens (tertiary/aromatic N) is 6. The van der Waals surface area contributed by atoms with Gasteiger partial charge in [0.2, 0.25) is 0 Å². The Morgan fingerprint density at radius 1 is 0.613 bits per heavy atom. The van der Waals surface area contributed by atoms with Crippen LogP contribution in [0.25, 0.3) is 53.4 Å². The van der Waals surface area contributed by atoms with E-state index >= 15 is 0 Å². The van der Waals surface area contributed by atoms with E-state index in [9.17, 15) is 34.8 Å². The predicted octanol–water partition coefficient (Wildman–Crippen LogP) is 13.4. The first-order valence-electron chi connectivity index (χ1n) is 18.0. The fraction of sp³-hybridized carbons (Fsp3) is 0.143. The van der Waals surface area contributed by atoms with Crippen LogP contribution in [0.3, 0.4) is 0 Å². The topological polar surface area (TPSA) is 95.6 Å². The van der Waals surface area contributed by atoms with Crippen molar-refractivity contribution in [1.29, 1.82) is 0 Å². The van der Waals surface area contributed by atoms with Gasteiger partial charge in [-0.3, -0.25) is 0 Å². The van der Waals surface area contributed by atoms with Crippen molar-refractivity contribution >= 4 is 67.5 Å². The molecule has 6 aromatic heterocycles. The van der Waals surface area contributed by atoms with Gasteiger partial charge in [-0.2, -0.15) is 36.5 Å². The SMILES string of the molecule is CSc1ncc(-c2ccc(-c3cc(C(F)(F)F)nn3-c3ccccc3Cl)s2)cc1C.Cc1cc(-c2ccc(-c3cc(C(F)(F)F)nn3-c3ccccc3Cl)s2)cnc1S(C)(=O)=O. The number of alkyl halides is 6. The summed E-state index contributed by atoms with van der Waals surface area (Å²) >= 11 is 16.6. The van der Waals surface area contributed by atoms with E-state index in [1.165, 1.54) is 38.2 Å². The Hall–Kier alpha value is -4.98. The maximum atomic E-state index is 13.4. The lowest BCUT2D eigenvalue weighted by Crippen LogP contribution is -2.07. The molecule has 0 amide bonds. The maximum absolute atomic E-state index is 13.4. The average molecular weight is 964 g/mol. The average Bonchev–Trinajstić information content (AvgIpc) is 4.03. The zero-order chi connectivity index (χ0) is 44.7. The molecule has 62 heavy (non-hydrogen) atoms. The van der Waals surface area contributed by atoms with Crippen molar-refractivity contribution in [2.45, 2.75) is 36.3 Å². The van der Waals surface area contributed by atoms with Crippen LogP contribution in [-0.4, -0.2) is 50.5 Å². The molecule has 0 N–H and O–H groups in total. The second-order valence-electron chi connectivity index (χ2n) is 13.5. The number of para-hydroxylation sites is 2. The summed E-state index contributed by atoms with van der Waals surface area (Å²) in [6.45, 7) is 3.63. The Balaban J connectivity index is 0.000000187. The van der Waals surface area contributed by atoms with Crippen molar-refractivity contribution < 1.29 is 34.8 Å². The van der Waals surface area contributed by atoms with E-state index in [0.29, 0.717) is 43.0 Å². The first kappa shape index (κ1) is 45.1. The Morgan fingerprint density at radius 2 is 1.03 bits per heavy atom. The molecule has 0 atom stereocenters. The zero-order valence-electron chi connectivity index (χ0n) is 32.5. The monoisotopic (exact) mass is 962 g/mol. The number of hydrogen-bond acceptors (Lipinski definition) is 9. The number of hydrogen-bond donors (Lipinski definition) is 0. The van der Waals surface area contributed by atoms with Crippen LogP contribution in [0.2, 0.25) is 10.0 Å². The Bertz CT molecular complexity index is 3050. The van der Waals surface area contributed by atoms with E-state index < -0.39 is 33.6 Å². The Labute approximate surface area is 373 Å². The standard InChI is InChI=1S/C21H15ClF3N3O2S2.C21H15ClF3N3S2/c1-12-9-13(11-26-20(12)32(2,29)30)17-7-8-18(31-17)16-10-19(21(23,24)25)27-28(16)15-6-4-3-5-14(15)22;1-12-9-13(11-26-20(12)29-2)17-7-8-18(30-17)16-10-19(21(23,24)25)27-28(16)15-6-4-3-5-14(15)22/h3-11H,1-2H3;3-11H,1-2H3. The van der Waals surface area contributed by atoms with Gasteiger partial charge in [0.1, 0.15) is 0 Å². The van der Waals surface area contributed by atoms with Gasteiger partial charge in [-0.25, -0.2) is 27.7 Å². The number of aryl methyl sites for hydroxylation is 2. The molecule has 6 heterocycles. The molecule has 0 radical (unpaired) electrons. The second-order valence-corrected chi connectivity index (χ2v) is 19.3. The fourth-order valence-electron chi connectivity index (χ4n) is 6.26. The van der Waals surface area contributed by atoms with Gasteiger partial charge in [0, 0.05) is 39.5 Å². The molecule has 0 unspecified atom stereocenters. The van der Waals surface area contributed by atoms with E-state index in [1.54, 1.807) is 97.7 Å². The highest BCUT2D eigenvalue weighted by Gasteiger charge is 2.37. The van der Waals surface area contributed by atoms with Crippen molar-refractivity contribution in [3.63, 3.8) is 0 Å². The number of thioether (sulfide) groups is 1. The first-order valence-corrected chi connectivity index (χ1v) is 23.5. The molecule has 20 heteroatoms. The fourth-order valence-corrected chi connectivity index (χ4v) is 10.1. The molecule has 0 bridgehead atoms. The third-order valence-electron chi connectivity index (χ3n) is 9.05. The lowest BCUT2D eigenvalue weighted by Gasteiger charge is -2.08. The van der Waals surface area contributed by atoms with Crippen LogP contribution in [0.4, 0.5) is 26.3 Å². The van der Waals surface area contributed by atoms with Crippen molar-refractivity contribution in [2.75, 3.05) is 12.5 Å². The van der Waals surface area contributed by atoms with Crippen LogP contribution in [0.1, 0.15) is 22.5 Å². The molecule has 8 aromatic rings. The molecule has 0 spiro atoms. The van der Waals surface area contributed by atoms with E-state index in [0.717, 1.165) is 44.3 Å². The molecular weight excluding hydrogens is 934 g/mol. The zero-order valence-corrected chi connectivity index (χ0v) is 37.3. The van der Waals surface area contributed by atoms with Gasteiger partial charge in [0.15, 0.2) is 26.3 Å². The van der Waals surface area contributed by atoms with Gasteiger partial charge in [0.05, 0.1) is 47.6 Å². The Morgan fingerprint density at radius 3 is 1.42 bits per heavy atom. The maximum Gasteiger partial charge on any atom is 0.435 e. The van der Waals surface area contributed by atoms with Gasteiger partial charge in [-0.1, -0.05) is 47.5 Å². The predicted molar refractivity (Wildman–Crippen MR) is 235 cm³/mol.